The van der Waals surface area contributed by atoms with Crippen molar-refractivity contribution in [2.24, 2.45) is 11.8 Å². The van der Waals surface area contributed by atoms with Gasteiger partial charge in [0.15, 0.2) is 0 Å². The van der Waals surface area contributed by atoms with Crippen molar-refractivity contribution in [3.63, 3.8) is 0 Å². The number of hydrogen-bond acceptors (Lipinski definition) is 3. The molecule has 2 aromatic carbocycles. The van der Waals surface area contributed by atoms with E-state index in [1.54, 1.807) is 12.1 Å². The third-order valence-electron chi connectivity index (χ3n) is 6.22. The number of aliphatic hydroxyl groups is 1. The number of aromatic nitrogens is 1. The predicted molar refractivity (Wildman–Crippen MR) is 112 cm³/mol. The maximum atomic E-state index is 13.0. The molecule has 2 aliphatic rings. The first kappa shape index (κ1) is 18.5. The minimum atomic E-state index is -0.543. The fraction of sp³-hybridized carbons (Fsp3) is 0.348. The smallest absolute Gasteiger partial charge is 0.270 e. The summed E-state index contributed by atoms with van der Waals surface area (Å²) in [4.78, 5) is 18.2. The number of carbonyl (C=O) groups is 1. The number of halogens is 1. The van der Waals surface area contributed by atoms with E-state index in [1.165, 1.54) is 0 Å². The highest BCUT2D eigenvalue weighted by Crippen LogP contribution is 2.38. The van der Waals surface area contributed by atoms with E-state index in [9.17, 15) is 9.90 Å². The van der Waals surface area contributed by atoms with Gasteiger partial charge < -0.3 is 19.7 Å². The maximum Gasteiger partial charge on any atom is 0.270 e. The molecule has 1 aromatic heterocycles. The van der Waals surface area contributed by atoms with Crippen molar-refractivity contribution in [1.29, 1.82) is 0 Å². The number of carbonyl (C=O) groups excluding carboxylic acids is 1. The van der Waals surface area contributed by atoms with Gasteiger partial charge in [0, 0.05) is 29.0 Å². The van der Waals surface area contributed by atoms with E-state index in [0.29, 0.717) is 47.8 Å². The van der Waals surface area contributed by atoms with Crippen molar-refractivity contribution < 1.29 is 14.6 Å². The summed E-state index contributed by atoms with van der Waals surface area (Å²) in [5.74, 6) is 1.33. The van der Waals surface area contributed by atoms with Crippen LogP contribution in [0.25, 0.3) is 10.9 Å². The molecule has 1 aliphatic heterocycles. The molecule has 1 saturated heterocycles. The summed E-state index contributed by atoms with van der Waals surface area (Å²) in [6.45, 7) is 1.38. The number of hydrogen-bond donors (Lipinski definition) is 2. The number of H-pyrrole nitrogens is 1. The highest BCUT2D eigenvalue weighted by Gasteiger charge is 2.44. The first-order valence-electron chi connectivity index (χ1n) is 10.0. The van der Waals surface area contributed by atoms with Crippen molar-refractivity contribution >= 4 is 28.4 Å². The third-order valence-corrected chi connectivity index (χ3v) is 6.45. The summed E-state index contributed by atoms with van der Waals surface area (Å²) in [5, 5.41) is 12.3. The number of aromatic amines is 1. The van der Waals surface area contributed by atoms with E-state index in [0.717, 1.165) is 17.3 Å². The van der Waals surface area contributed by atoms with Crippen LogP contribution in [-0.2, 0) is 0 Å². The van der Waals surface area contributed by atoms with Crippen LogP contribution in [-0.4, -0.2) is 46.2 Å². The predicted octanol–water partition coefficient (Wildman–Crippen LogP) is 4.11. The van der Waals surface area contributed by atoms with Gasteiger partial charge in [-0.1, -0.05) is 35.9 Å². The van der Waals surface area contributed by atoms with Crippen LogP contribution in [0.4, 0.5) is 0 Å². The second-order valence-electron chi connectivity index (χ2n) is 8.15. The maximum absolute atomic E-state index is 13.0. The average Bonchev–Trinajstić information content (AvgIpc) is 3.31. The van der Waals surface area contributed by atoms with E-state index in [-0.39, 0.29) is 12.0 Å². The molecule has 0 unspecified atom stereocenters. The molecule has 1 amide bonds. The molecule has 6 heteroatoms. The SMILES string of the molecule is O=C(c1cc2ccccc2[nH]1)N1C[C@H]2C[C@@H](Oc3cccc(Cl)c3)[C@H](O)C[C@H]2C1. The van der Waals surface area contributed by atoms with Gasteiger partial charge >= 0.3 is 0 Å². The van der Waals surface area contributed by atoms with Gasteiger partial charge in [0.05, 0.1) is 6.10 Å². The minimum Gasteiger partial charge on any atom is -0.488 e. The molecule has 0 spiro atoms. The standard InChI is InChI=1S/C23H23ClN2O3/c24-17-5-3-6-18(11-17)29-22-10-16-13-26(12-15(16)9-21(22)27)23(28)20-8-14-4-1-2-7-19(14)25-20/h1-8,11,15-16,21-22,25,27H,9-10,12-13H2/t15-,16+,21+,22+/m0/s1. The van der Waals surface area contributed by atoms with Crippen molar-refractivity contribution in [1.82, 2.24) is 9.88 Å². The molecule has 5 nitrogen and oxygen atoms in total. The number of amides is 1. The zero-order chi connectivity index (χ0) is 20.0. The van der Waals surface area contributed by atoms with Crippen molar-refractivity contribution in [2.45, 2.75) is 25.0 Å². The lowest BCUT2D eigenvalue weighted by atomic mass is 9.78. The van der Waals surface area contributed by atoms with E-state index in [4.69, 9.17) is 16.3 Å². The number of ether oxygens (including phenoxy) is 1. The fourth-order valence-corrected chi connectivity index (χ4v) is 4.94. The lowest BCUT2D eigenvalue weighted by Gasteiger charge is -2.35. The van der Waals surface area contributed by atoms with Gasteiger partial charge in [-0.25, -0.2) is 0 Å². The van der Waals surface area contributed by atoms with E-state index in [1.807, 2.05) is 47.4 Å². The highest BCUT2D eigenvalue weighted by molar-refractivity contribution is 6.30. The number of rotatable bonds is 3. The molecule has 3 aromatic rings. The van der Waals surface area contributed by atoms with Crippen LogP contribution in [0.5, 0.6) is 5.75 Å². The van der Waals surface area contributed by atoms with Crippen LogP contribution in [0.1, 0.15) is 23.3 Å². The van der Waals surface area contributed by atoms with Crippen molar-refractivity contribution in [2.75, 3.05) is 13.1 Å². The zero-order valence-electron chi connectivity index (χ0n) is 15.9. The lowest BCUT2D eigenvalue weighted by Crippen LogP contribution is -2.42. The topological polar surface area (TPSA) is 65.6 Å². The summed E-state index contributed by atoms with van der Waals surface area (Å²) in [6, 6.07) is 17.1. The second kappa shape index (κ2) is 7.39. The Bertz CT molecular complexity index is 1020. The molecule has 0 radical (unpaired) electrons. The monoisotopic (exact) mass is 410 g/mol. The van der Waals surface area contributed by atoms with Crippen molar-refractivity contribution in [3.8, 4) is 5.75 Å². The molecule has 4 atom stereocenters. The Morgan fingerprint density at radius 2 is 1.86 bits per heavy atom. The van der Waals surface area contributed by atoms with Gasteiger partial charge in [-0.15, -0.1) is 0 Å². The van der Waals surface area contributed by atoms with E-state index in [2.05, 4.69) is 4.98 Å². The van der Waals surface area contributed by atoms with Gasteiger partial charge in [-0.2, -0.15) is 0 Å². The quantitative estimate of drug-likeness (QED) is 0.682. The molecule has 1 saturated carbocycles. The number of nitrogens with zero attached hydrogens (tertiary/aromatic N) is 1. The molecule has 29 heavy (non-hydrogen) atoms. The molecule has 5 rings (SSSR count). The van der Waals surface area contributed by atoms with Gasteiger partial charge in [0.2, 0.25) is 0 Å². The largest absolute Gasteiger partial charge is 0.488 e. The van der Waals surface area contributed by atoms with Gasteiger partial charge in [0.25, 0.3) is 5.91 Å². The number of fused-ring (bicyclic) bond motifs is 2. The number of para-hydroxylation sites is 1. The Balaban J connectivity index is 1.28. The molecular formula is C23H23ClN2O3. The second-order valence-corrected chi connectivity index (χ2v) is 8.59. The van der Waals surface area contributed by atoms with E-state index < -0.39 is 6.10 Å². The molecule has 2 heterocycles. The highest BCUT2D eigenvalue weighted by atomic mass is 35.5. The first-order chi connectivity index (χ1) is 14.1. The molecule has 0 bridgehead atoms. The Hall–Kier alpha value is -2.50. The van der Waals surface area contributed by atoms with Gasteiger partial charge in [-0.3, -0.25) is 4.79 Å². The van der Waals surface area contributed by atoms with Gasteiger partial charge in [-0.05, 0) is 55.0 Å². The molecule has 150 valence electrons. The number of nitrogens with one attached hydrogen (secondary N) is 1. The Kier molecular flexibility index (Phi) is 4.72. The van der Waals surface area contributed by atoms with Crippen molar-refractivity contribution in [3.05, 3.63) is 65.3 Å². The fourth-order valence-electron chi connectivity index (χ4n) is 4.76. The Morgan fingerprint density at radius 3 is 2.66 bits per heavy atom. The Morgan fingerprint density at radius 1 is 1.07 bits per heavy atom. The number of likely N-dealkylation sites (tertiary alicyclic amines) is 1. The summed E-state index contributed by atoms with van der Waals surface area (Å²) in [5.41, 5.74) is 1.59. The first-order valence-corrected chi connectivity index (χ1v) is 10.4. The van der Waals surface area contributed by atoms with Crippen LogP contribution in [0.2, 0.25) is 5.02 Å². The summed E-state index contributed by atoms with van der Waals surface area (Å²) in [6.07, 6.45) is 0.553. The summed E-state index contributed by atoms with van der Waals surface area (Å²) in [7, 11) is 0. The lowest BCUT2D eigenvalue weighted by molar-refractivity contribution is -0.0231. The van der Waals surface area contributed by atoms with Gasteiger partial charge in [0.1, 0.15) is 17.5 Å². The molecule has 2 fully saturated rings. The molecular weight excluding hydrogens is 388 g/mol. The number of benzene rings is 2. The van der Waals surface area contributed by atoms with Crippen LogP contribution in [0.15, 0.2) is 54.6 Å². The normalized spacial score (nSPS) is 26.5. The van der Waals surface area contributed by atoms with Crippen LogP contribution in [0, 0.1) is 11.8 Å². The average molecular weight is 411 g/mol. The number of aliphatic hydroxyl groups excluding tert-OH is 1. The van der Waals surface area contributed by atoms with Crippen LogP contribution in [0.3, 0.4) is 0 Å². The summed E-state index contributed by atoms with van der Waals surface area (Å²) < 4.78 is 6.03. The Labute approximate surface area is 174 Å². The zero-order valence-corrected chi connectivity index (χ0v) is 16.7. The van der Waals surface area contributed by atoms with Crippen LogP contribution >= 0.6 is 11.6 Å². The van der Waals surface area contributed by atoms with Crippen LogP contribution < -0.4 is 4.74 Å². The minimum absolute atomic E-state index is 0.0254. The molecule has 2 N–H and O–H groups in total. The summed E-state index contributed by atoms with van der Waals surface area (Å²) >= 11 is 6.04. The molecule has 1 aliphatic carbocycles. The third kappa shape index (κ3) is 3.61. The van der Waals surface area contributed by atoms with E-state index >= 15 is 0 Å².